The average molecular weight is 370 g/mol. The van der Waals surface area contributed by atoms with Crippen molar-refractivity contribution in [2.45, 2.75) is 31.3 Å². The Labute approximate surface area is 125 Å². The van der Waals surface area contributed by atoms with Crippen LogP contribution in [0.15, 0.2) is 20.0 Å². The molecule has 9 heteroatoms. The van der Waals surface area contributed by atoms with Crippen LogP contribution >= 0.6 is 15.9 Å². The lowest BCUT2D eigenvalue weighted by Crippen LogP contribution is -2.40. The second-order valence-electron chi connectivity index (χ2n) is 4.57. The summed E-state index contributed by atoms with van der Waals surface area (Å²) in [6.45, 7) is 5.79. The van der Waals surface area contributed by atoms with E-state index in [1.165, 1.54) is 0 Å². The monoisotopic (exact) mass is 369 g/mol. The lowest BCUT2D eigenvalue weighted by Gasteiger charge is -2.24. The van der Waals surface area contributed by atoms with Crippen LogP contribution in [-0.4, -0.2) is 38.2 Å². The second-order valence-corrected chi connectivity index (χ2v) is 7.03. The molecule has 20 heavy (non-hydrogen) atoms. The van der Waals surface area contributed by atoms with E-state index in [2.05, 4.69) is 20.7 Å². The van der Waals surface area contributed by atoms with Gasteiger partial charge in [0.25, 0.3) is 0 Å². The number of nitrogens with one attached hydrogen (secondary N) is 1. The molecule has 0 aliphatic rings. The Morgan fingerprint density at radius 2 is 2.15 bits per heavy atom. The third kappa shape index (κ3) is 4.30. The lowest BCUT2D eigenvalue weighted by molar-refractivity contribution is -0.00515. The minimum absolute atomic E-state index is 0.0448. The van der Waals surface area contributed by atoms with Crippen molar-refractivity contribution in [1.29, 1.82) is 0 Å². The number of hydrogen-bond donors (Lipinski definition) is 2. The van der Waals surface area contributed by atoms with Crippen molar-refractivity contribution in [2.75, 3.05) is 13.2 Å². The molecule has 2 N–H and O–H groups in total. The first-order valence-corrected chi connectivity index (χ1v) is 8.03. The minimum Gasteiger partial charge on any atom is -0.475 e. The number of aromatic carboxylic acids is 1. The molecule has 1 aromatic heterocycles. The third-order valence-electron chi connectivity index (χ3n) is 2.38. The Kier molecular flexibility index (Phi) is 5.36. The molecule has 0 atom stereocenters. The first kappa shape index (κ1) is 17.2. The molecule has 0 amide bonds. The Morgan fingerprint density at radius 1 is 1.55 bits per heavy atom. The van der Waals surface area contributed by atoms with Crippen molar-refractivity contribution in [3.8, 4) is 0 Å². The van der Waals surface area contributed by atoms with Gasteiger partial charge in [0, 0.05) is 19.2 Å². The predicted octanol–water partition coefficient (Wildman–Crippen LogP) is 1.83. The van der Waals surface area contributed by atoms with Gasteiger partial charge in [0.1, 0.15) is 4.90 Å². The molecule has 0 aromatic carbocycles. The summed E-state index contributed by atoms with van der Waals surface area (Å²) < 4.78 is 36.6. The van der Waals surface area contributed by atoms with Gasteiger partial charge in [-0.15, -0.1) is 0 Å². The number of halogens is 1. The Morgan fingerprint density at radius 3 is 2.60 bits per heavy atom. The maximum Gasteiger partial charge on any atom is 0.371 e. The first-order valence-electron chi connectivity index (χ1n) is 5.75. The zero-order chi connectivity index (χ0) is 15.6. The van der Waals surface area contributed by atoms with Crippen LogP contribution < -0.4 is 4.72 Å². The summed E-state index contributed by atoms with van der Waals surface area (Å²) in [6.07, 6.45) is 0. The van der Waals surface area contributed by atoms with E-state index in [1.807, 2.05) is 6.92 Å². The SMILES string of the molecule is CCOC(C)(C)CNS(=O)(=O)c1cc(C(=O)O)oc1Br. The molecule has 1 heterocycles. The molecule has 0 aliphatic heterocycles. The summed E-state index contributed by atoms with van der Waals surface area (Å²) in [4.78, 5) is 10.5. The fourth-order valence-corrected chi connectivity index (χ4v) is 3.57. The molecule has 0 saturated carbocycles. The van der Waals surface area contributed by atoms with Crippen LogP contribution in [0.25, 0.3) is 0 Å². The summed E-state index contributed by atoms with van der Waals surface area (Å²) >= 11 is 2.89. The molecule has 0 aliphatic carbocycles. The molecule has 1 aromatic rings. The van der Waals surface area contributed by atoms with Crippen molar-refractivity contribution in [3.63, 3.8) is 0 Å². The first-order chi connectivity index (χ1) is 9.09. The summed E-state index contributed by atoms with van der Waals surface area (Å²) in [5.41, 5.74) is -0.673. The van der Waals surface area contributed by atoms with Crippen molar-refractivity contribution >= 4 is 31.9 Å². The molecule has 0 radical (unpaired) electrons. The highest BCUT2D eigenvalue weighted by atomic mass is 79.9. The number of carboxylic acids is 1. The number of carbonyl (C=O) groups is 1. The summed E-state index contributed by atoms with van der Waals surface area (Å²) in [6, 6.07) is 0.947. The molecule has 0 saturated heterocycles. The molecule has 114 valence electrons. The van der Waals surface area contributed by atoms with E-state index in [0.717, 1.165) is 6.07 Å². The van der Waals surface area contributed by atoms with E-state index in [-0.39, 0.29) is 16.1 Å². The van der Waals surface area contributed by atoms with Crippen molar-refractivity contribution in [1.82, 2.24) is 4.72 Å². The van der Waals surface area contributed by atoms with Gasteiger partial charge >= 0.3 is 5.97 Å². The van der Waals surface area contributed by atoms with Gasteiger partial charge in [-0.1, -0.05) is 0 Å². The molecule has 0 bridgehead atoms. The molecular weight excluding hydrogens is 354 g/mol. The van der Waals surface area contributed by atoms with Crippen LogP contribution in [0.2, 0.25) is 0 Å². The number of ether oxygens (including phenoxy) is 1. The van der Waals surface area contributed by atoms with E-state index in [1.54, 1.807) is 13.8 Å². The van der Waals surface area contributed by atoms with Gasteiger partial charge in [0.05, 0.1) is 5.60 Å². The van der Waals surface area contributed by atoms with E-state index in [0.29, 0.717) is 6.61 Å². The zero-order valence-corrected chi connectivity index (χ0v) is 13.7. The highest BCUT2D eigenvalue weighted by Gasteiger charge is 2.27. The fourth-order valence-electron chi connectivity index (χ4n) is 1.43. The van der Waals surface area contributed by atoms with Gasteiger partial charge < -0.3 is 14.3 Å². The van der Waals surface area contributed by atoms with Gasteiger partial charge in [-0.25, -0.2) is 17.9 Å². The van der Waals surface area contributed by atoms with Crippen molar-refractivity contribution in [2.24, 2.45) is 0 Å². The van der Waals surface area contributed by atoms with Gasteiger partial charge in [0.2, 0.25) is 15.8 Å². The minimum atomic E-state index is -3.89. The predicted molar refractivity (Wildman–Crippen MR) is 74.3 cm³/mol. The van der Waals surface area contributed by atoms with Crippen molar-refractivity contribution < 1.29 is 27.5 Å². The standard InChI is InChI=1S/C11H16BrNO6S/c1-4-18-11(2,3)6-13-20(16,17)8-5-7(10(14)15)19-9(8)12/h5,13H,4,6H2,1-3H3,(H,14,15). The summed E-state index contributed by atoms with van der Waals surface area (Å²) in [5.74, 6) is -1.80. The van der Waals surface area contributed by atoms with Crippen LogP contribution in [0.4, 0.5) is 0 Å². The lowest BCUT2D eigenvalue weighted by atomic mass is 10.1. The van der Waals surface area contributed by atoms with Gasteiger partial charge in [-0.05, 0) is 36.7 Å². The largest absolute Gasteiger partial charge is 0.475 e. The average Bonchev–Trinajstić information content (AvgIpc) is 2.70. The Balaban J connectivity index is 2.92. The summed E-state index contributed by atoms with van der Waals surface area (Å²) in [7, 11) is -3.89. The van der Waals surface area contributed by atoms with Crippen LogP contribution in [0, 0.1) is 0 Å². The normalized spacial score (nSPS) is 12.6. The molecule has 0 unspecified atom stereocenters. The Bertz CT molecular complexity index is 592. The van der Waals surface area contributed by atoms with Crippen LogP contribution in [-0.2, 0) is 14.8 Å². The maximum absolute atomic E-state index is 12.1. The molecular formula is C11H16BrNO6S. The van der Waals surface area contributed by atoms with E-state index < -0.39 is 27.4 Å². The maximum atomic E-state index is 12.1. The number of rotatable bonds is 7. The van der Waals surface area contributed by atoms with Gasteiger partial charge in [0.15, 0.2) is 4.67 Å². The van der Waals surface area contributed by atoms with E-state index >= 15 is 0 Å². The van der Waals surface area contributed by atoms with Gasteiger partial charge in [-0.3, -0.25) is 0 Å². The third-order valence-corrected chi connectivity index (χ3v) is 4.64. The molecule has 7 nitrogen and oxygen atoms in total. The topological polar surface area (TPSA) is 106 Å². The van der Waals surface area contributed by atoms with Gasteiger partial charge in [-0.2, -0.15) is 0 Å². The molecule has 0 fully saturated rings. The number of sulfonamides is 1. The quantitative estimate of drug-likeness (QED) is 0.759. The van der Waals surface area contributed by atoms with E-state index in [9.17, 15) is 13.2 Å². The zero-order valence-electron chi connectivity index (χ0n) is 11.3. The van der Waals surface area contributed by atoms with Crippen LogP contribution in [0.5, 0.6) is 0 Å². The van der Waals surface area contributed by atoms with Crippen molar-refractivity contribution in [3.05, 3.63) is 16.5 Å². The molecule has 0 spiro atoms. The van der Waals surface area contributed by atoms with Crippen LogP contribution in [0.1, 0.15) is 31.3 Å². The summed E-state index contributed by atoms with van der Waals surface area (Å²) in [5, 5.41) is 8.77. The number of furan rings is 1. The van der Waals surface area contributed by atoms with E-state index in [4.69, 9.17) is 14.3 Å². The second kappa shape index (κ2) is 6.25. The smallest absolute Gasteiger partial charge is 0.371 e. The number of carboxylic acid groups (broad SMARTS) is 1. The van der Waals surface area contributed by atoms with Crippen LogP contribution in [0.3, 0.4) is 0 Å². The Hall–Kier alpha value is -0.900. The highest BCUT2D eigenvalue weighted by Crippen LogP contribution is 2.26. The highest BCUT2D eigenvalue weighted by molar-refractivity contribution is 9.10. The fraction of sp³-hybridized carbons (Fsp3) is 0.545. The molecule has 1 rings (SSSR count). The number of hydrogen-bond acceptors (Lipinski definition) is 5.